The molecule has 190 valence electrons. The molecule has 0 aliphatic carbocycles. The highest BCUT2D eigenvalue weighted by molar-refractivity contribution is 6.10. The van der Waals surface area contributed by atoms with Crippen LogP contribution in [0, 0.1) is 0 Å². The van der Waals surface area contributed by atoms with Gasteiger partial charge in [-0.3, -0.25) is 9.69 Å². The van der Waals surface area contributed by atoms with Crippen molar-refractivity contribution in [3.05, 3.63) is 95.1 Å². The molecule has 36 heavy (non-hydrogen) atoms. The maximum atomic E-state index is 13.1. The van der Waals surface area contributed by atoms with Crippen molar-refractivity contribution in [3.8, 4) is 0 Å². The third kappa shape index (κ3) is 7.32. The smallest absolute Gasteiger partial charge is 0.187 e. The highest BCUT2D eigenvalue weighted by atomic mass is 16.1. The van der Waals surface area contributed by atoms with Crippen molar-refractivity contribution in [2.24, 2.45) is 0 Å². The Labute approximate surface area is 217 Å². The lowest BCUT2D eigenvalue weighted by Crippen LogP contribution is -2.34. The summed E-state index contributed by atoms with van der Waals surface area (Å²) in [6, 6.07) is 17.1. The van der Waals surface area contributed by atoms with Crippen LogP contribution in [-0.4, -0.2) is 57.0 Å². The van der Waals surface area contributed by atoms with Gasteiger partial charge in [0.05, 0.1) is 0 Å². The van der Waals surface area contributed by atoms with Gasteiger partial charge < -0.3 is 9.80 Å². The number of allylic oxidation sites excluding steroid dienone is 4. The van der Waals surface area contributed by atoms with Crippen LogP contribution in [-0.2, 0) is 4.79 Å². The summed E-state index contributed by atoms with van der Waals surface area (Å²) in [5.74, 6) is 0.135. The van der Waals surface area contributed by atoms with Gasteiger partial charge in [-0.25, -0.2) is 0 Å². The van der Waals surface area contributed by atoms with Gasteiger partial charge in [-0.2, -0.15) is 0 Å². The van der Waals surface area contributed by atoms with E-state index >= 15 is 0 Å². The van der Waals surface area contributed by atoms with E-state index in [2.05, 4.69) is 110 Å². The normalized spacial score (nSPS) is 17.1. The zero-order chi connectivity index (χ0) is 25.9. The maximum Gasteiger partial charge on any atom is 0.187 e. The van der Waals surface area contributed by atoms with Crippen LogP contribution in [0.5, 0.6) is 0 Å². The van der Waals surface area contributed by atoms with Gasteiger partial charge in [0.1, 0.15) is 0 Å². The van der Waals surface area contributed by atoms with Gasteiger partial charge in [0.15, 0.2) is 5.78 Å². The number of hydrogen-bond acceptors (Lipinski definition) is 4. The number of hydrogen-bond donors (Lipinski definition) is 0. The van der Waals surface area contributed by atoms with Gasteiger partial charge in [-0.1, -0.05) is 60.7 Å². The molecular formula is C32H41N3O. The Morgan fingerprint density at radius 1 is 0.667 bits per heavy atom. The van der Waals surface area contributed by atoms with Crippen molar-refractivity contribution >= 4 is 29.3 Å². The molecule has 1 aliphatic rings. The molecule has 0 aromatic heterocycles. The van der Waals surface area contributed by atoms with Crippen LogP contribution >= 0.6 is 0 Å². The summed E-state index contributed by atoms with van der Waals surface area (Å²) in [6.45, 7) is 14.0. The van der Waals surface area contributed by atoms with Gasteiger partial charge in [0.2, 0.25) is 0 Å². The van der Waals surface area contributed by atoms with Crippen LogP contribution in [0.2, 0.25) is 0 Å². The molecule has 0 unspecified atom stereocenters. The molecule has 1 heterocycles. The number of nitrogens with zero attached hydrogens (tertiary/aromatic N) is 3. The van der Waals surface area contributed by atoms with E-state index < -0.39 is 0 Å². The van der Waals surface area contributed by atoms with Gasteiger partial charge in [0.25, 0.3) is 0 Å². The molecule has 1 aliphatic heterocycles. The second-order valence-electron chi connectivity index (χ2n) is 9.13. The quantitative estimate of drug-likeness (QED) is 0.362. The van der Waals surface area contributed by atoms with Crippen molar-refractivity contribution in [1.82, 2.24) is 4.90 Å². The molecule has 0 N–H and O–H groups in total. The van der Waals surface area contributed by atoms with Crippen LogP contribution in [0.1, 0.15) is 38.8 Å². The van der Waals surface area contributed by atoms with Gasteiger partial charge >= 0.3 is 0 Å². The lowest BCUT2D eigenvalue weighted by molar-refractivity contribution is -0.113. The van der Waals surface area contributed by atoms with Crippen molar-refractivity contribution in [3.63, 3.8) is 0 Å². The van der Waals surface area contributed by atoms with Crippen LogP contribution in [0.15, 0.2) is 84.0 Å². The van der Waals surface area contributed by atoms with Gasteiger partial charge in [0, 0.05) is 61.8 Å². The molecule has 2 aromatic carbocycles. The summed E-state index contributed by atoms with van der Waals surface area (Å²) >= 11 is 0. The summed E-state index contributed by atoms with van der Waals surface area (Å²) in [6.07, 6.45) is 12.0. The first kappa shape index (κ1) is 27.2. The minimum absolute atomic E-state index is 0.135. The third-order valence-electron chi connectivity index (χ3n) is 6.68. The van der Waals surface area contributed by atoms with Crippen LogP contribution < -0.4 is 9.80 Å². The molecule has 1 fully saturated rings. The number of likely N-dealkylation sites (tertiary alicyclic amines) is 1. The number of carbonyl (C=O) groups is 1. The molecule has 3 rings (SSSR count). The monoisotopic (exact) mass is 483 g/mol. The van der Waals surface area contributed by atoms with E-state index in [4.69, 9.17) is 0 Å². The fourth-order valence-corrected chi connectivity index (χ4v) is 4.56. The standard InChI is InChI=1S/C32H41N3O/c1-6-34(7-2)30-20-16-26(17-21-30)12-10-14-28-24-33(5)25-29(32(28)36)15-11-13-27-18-22-31(23-19-27)35(8-3)9-4/h10-23H,6-9,24-25H2,1-5H3/b12-10+,13-11+,28-14-,29-15-. The summed E-state index contributed by atoms with van der Waals surface area (Å²) in [7, 11) is 2.05. The van der Waals surface area contributed by atoms with E-state index in [1.54, 1.807) is 0 Å². The average Bonchev–Trinajstić information content (AvgIpc) is 2.89. The molecule has 0 bridgehead atoms. The summed E-state index contributed by atoms with van der Waals surface area (Å²) in [5, 5.41) is 0. The summed E-state index contributed by atoms with van der Waals surface area (Å²) in [5.41, 5.74) is 6.38. The predicted molar refractivity (Wildman–Crippen MR) is 157 cm³/mol. The molecule has 0 spiro atoms. The highest BCUT2D eigenvalue weighted by Crippen LogP contribution is 2.19. The molecule has 4 heteroatoms. The van der Waals surface area contributed by atoms with Gasteiger partial charge in [-0.05, 0) is 70.1 Å². The largest absolute Gasteiger partial charge is 0.372 e. The number of rotatable bonds is 10. The molecule has 1 saturated heterocycles. The topological polar surface area (TPSA) is 26.8 Å². The predicted octanol–water partition coefficient (Wildman–Crippen LogP) is 6.47. The number of benzene rings is 2. The van der Waals surface area contributed by atoms with E-state index in [1.165, 1.54) is 11.4 Å². The van der Waals surface area contributed by atoms with Crippen molar-refractivity contribution in [2.45, 2.75) is 27.7 Å². The zero-order valence-electron chi connectivity index (χ0n) is 22.6. The lowest BCUT2D eigenvalue weighted by Gasteiger charge is -2.25. The number of Topliss-reactive ketones (excluding diaryl/α,β-unsaturated/α-hetero) is 1. The maximum absolute atomic E-state index is 13.1. The molecule has 4 nitrogen and oxygen atoms in total. The number of anilines is 2. The van der Waals surface area contributed by atoms with Crippen LogP contribution in [0.3, 0.4) is 0 Å². The minimum atomic E-state index is 0.135. The van der Waals surface area contributed by atoms with E-state index in [1.807, 2.05) is 24.3 Å². The Hall–Kier alpha value is -3.37. The minimum Gasteiger partial charge on any atom is -0.372 e. The lowest BCUT2D eigenvalue weighted by atomic mass is 9.97. The van der Waals surface area contributed by atoms with Crippen LogP contribution in [0.25, 0.3) is 12.2 Å². The van der Waals surface area contributed by atoms with Crippen molar-refractivity contribution < 1.29 is 4.79 Å². The second kappa shape index (κ2) is 13.6. The Kier molecular flexibility index (Phi) is 10.3. The average molecular weight is 484 g/mol. The molecule has 0 atom stereocenters. The zero-order valence-corrected chi connectivity index (χ0v) is 22.6. The SMILES string of the molecule is CCN(CC)c1ccc(/C=C/C=C2/CN(C)C/C(=C/C=C/c3ccc(N(CC)CC)cc3)C2=O)cc1. The highest BCUT2D eigenvalue weighted by Gasteiger charge is 2.22. The van der Waals surface area contributed by atoms with E-state index in [-0.39, 0.29) is 5.78 Å². The first-order valence-corrected chi connectivity index (χ1v) is 13.2. The van der Waals surface area contributed by atoms with Crippen molar-refractivity contribution in [1.29, 1.82) is 0 Å². The summed E-state index contributed by atoms with van der Waals surface area (Å²) in [4.78, 5) is 19.9. The van der Waals surface area contributed by atoms with Crippen molar-refractivity contribution in [2.75, 3.05) is 56.1 Å². The number of piperidine rings is 1. The molecule has 0 amide bonds. The van der Waals surface area contributed by atoms with Gasteiger partial charge in [-0.15, -0.1) is 0 Å². The Balaban J connectivity index is 1.66. The molecule has 2 aromatic rings. The molecular weight excluding hydrogens is 442 g/mol. The number of likely N-dealkylation sites (N-methyl/N-ethyl adjacent to an activating group) is 1. The number of ketones is 1. The van der Waals surface area contributed by atoms with Crippen LogP contribution in [0.4, 0.5) is 11.4 Å². The third-order valence-corrected chi connectivity index (χ3v) is 6.68. The second-order valence-corrected chi connectivity index (χ2v) is 9.13. The fourth-order valence-electron chi connectivity index (χ4n) is 4.56. The molecule has 0 saturated carbocycles. The number of carbonyl (C=O) groups excluding carboxylic acids is 1. The Morgan fingerprint density at radius 2 is 1.03 bits per heavy atom. The summed E-state index contributed by atoms with van der Waals surface area (Å²) < 4.78 is 0. The first-order chi connectivity index (χ1) is 17.5. The fraction of sp³-hybridized carbons (Fsp3) is 0.344. The van der Waals surface area contributed by atoms with E-state index in [0.29, 0.717) is 13.1 Å². The van der Waals surface area contributed by atoms with E-state index in [0.717, 1.165) is 48.5 Å². The molecule has 0 radical (unpaired) electrons. The Bertz CT molecular complexity index is 1010. The Morgan fingerprint density at radius 3 is 1.36 bits per heavy atom. The first-order valence-electron chi connectivity index (χ1n) is 13.2. The van der Waals surface area contributed by atoms with E-state index in [9.17, 15) is 4.79 Å².